The van der Waals surface area contributed by atoms with E-state index in [4.69, 9.17) is 14.6 Å². The Morgan fingerprint density at radius 2 is 1.71 bits per heavy atom. The fourth-order valence-corrected chi connectivity index (χ4v) is 1.48. The summed E-state index contributed by atoms with van der Waals surface area (Å²) in [4.78, 5) is 21.9. The van der Waals surface area contributed by atoms with E-state index in [0.717, 1.165) is 11.6 Å². The van der Waals surface area contributed by atoms with Crippen molar-refractivity contribution in [2.24, 2.45) is 0 Å². The lowest BCUT2D eigenvalue weighted by atomic mass is 10.2. The zero-order chi connectivity index (χ0) is 15.5. The van der Waals surface area contributed by atoms with Crippen LogP contribution in [0.15, 0.2) is 48.7 Å². The highest BCUT2D eigenvalue weighted by atomic mass is 16.5. The third-order valence-electron chi connectivity index (χ3n) is 2.52. The third kappa shape index (κ3) is 6.96. The van der Waals surface area contributed by atoms with E-state index in [1.807, 2.05) is 18.2 Å². The van der Waals surface area contributed by atoms with Crippen LogP contribution in [-0.4, -0.2) is 30.3 Å². The molecule has 0 amide bonds. The summed E-state index contributed by atoms with van der Waals surface area (Å²) in [5, 5.41) is 9.07. The first-order valence-corrected chi connectivity index (χ1v) is 6.55. The van der Waals surface area contributed by atoms with Gasteiger partial charge in [-0.3, -0.25) is 0 Å². The molecule has 1 aromatic rings. The Kier molecular flexibility index (Phi) is 7.35. The van der Waals surface area contributed by atoms with Gasteiger partial charge in [-0.25, -0.2) is 9.59 Å². The van der Waals surface area contributed by atoms with Crippen molar-refractivity contribution in [2.45, 2.75) is 12.8 Å². The van der Waals surface area contributed by atoms with Gasteiger partial charge < -0.3 is 14.6 Å². The molecule has 5 nitrogen and oxygen atoms in total. The highest BCUT2D eigenvalue weighted by Crippen LogP contribution is 2.09. The number of rotatable bonds is 9. The fraction of sp³-hybridized carbons (Fsp3) is 0.250. The number of hydrogen-bond acceptors (Lipinski definition) is 4. The maximum absolute atomic E-state index is 11.1. The number of unbranched alkanes of at least 4 members (excludes halogenated alkanes) is 1. The van der Waals surface area contributed by atoms with Crippen LogP contribution in [0.5, 0.6) is 0 Å². The topological polar surface area (TPSA) is 72.8 Å². The predicted octanol–water partition coefficient (Wildman–Crippen LogP) is 2.64. The number of carbonyl (C=O) groups is 2. The zero-order valence-corrected chi connectivity index (χ0v) is 11.7. The van der Waals surface area contributed by atoms with Gasteiger partial charge in [-0.15, -0.1) is 0 Å². The average Bonchev–Trinajstić information content (AvgIpc) is 2.49. The van der Waals surface area contributed by atoms with Crippen LogP contribution >= 0.6 is 0 Å². The first-order valence-electron chi connectivity index (χ1n) is 6.55. The largest absolute Gasteiger partial charge is 0.487 e. The molecule has 0 saturated carbocycles. The summed E-state index contributed by atoms with van der Waals surface area (Å²) in [6.45, 7) is 3.80. The van der Waals surface area contributed by atoms with Crippen molar-refractivity contribution in [3.05, 3.63) is 54.3 Å². The number of carboxylic acid groups (broad SMARTS) is 1. The molecule has 5 heteroatoms. The molecule has 0 aliphatic carbocycles. The van der Waals surface area contributed by atoms with E-state index in [0.29, 0.717) is 12.8 Å². The molecule has 0 aliphatic rings. The molecule has 0 heterocycles. The summed E-state index contributed by atoms with van der Waals surface area (Å²) in [5.41, 5.74) is 0.759. The van der Waals surface area contributed by atoms with E-state index in [9.17, 15) is 9.59 Å². The maximum Gasteiger partial charge on any atom is 0.371 e. The Morgan fingerprint density at radius 1 is 1.10 bits per heavy atom. The van der Waals surface area contributed by atoms with E-state index >= 15 is 0 Å². The van der Waals surface area contributed by atoms with Gasteiger partial charge in [0, 0.05) is 6.08 Å². The lowest BCUT2D eigenvalue weighted by Gasteiger charge is -2.07. The summed E-state index contributed by atoms with van der Waals surface area (Å²) in [6, 6.07) is 9.07. The van der Waals surface area contributed by atoms with Gasteiger partial charge in [0.05, 0.1) is 13.2 Å². The number of carboxylic acids is 1. The van der Waals surface area contributed by atoms with Gasteiger partial charge in [0.2, 0.25) is 5.76 Å². The van der Waals surface area contributed by atoms with Crippen LogP contribution in [0.4, 0.5) is 0 Å². The minimum atomic E-state index is -1.11. The van der Waals surface area contributed by atoms with Crippen molar-refractivity contribution in [3.63, 3.8) is 0 Å². The maximum atomic E-state index is 11.1. The number of benzene rings is 1. The molecule has 0 aromatic heterocycles. The van der Waals surface area contributed by atoms with Crippen LogP contribution in [0.1, 0.15) is 18.4 Å². The monoisotopic (exact) mass is 290 g/mol. The van der Waals surface area contributed by atoms with Crippen LogP contribution in [0, 0.1) is 0 Å². The van der Waals surface area contributed by atoms with Crippen molar-refractivity contribution in [2.75, 3.05) is 13.2 Å². The zero-order valence-electron chi connectivity index (χ0n) is 11.7. The molecule has 112 valence electrons. The minimum Gasteiger partial charge on any atom is -0.487 e. The highest BCUT2D eigenvalue weighted by Gasteiger charge is 2.08. The Balaban J connectivity index is 2.36. The van der Waals surface area contributed by atoms with Crippen molar-refractivity contribution >= 4 is 18.0 Å². The number of carbonyl (C=O) groups excluding carboxylic acids is 1. The summed E-state index contributed by atoms with van der Waals surface area (Å²) < 4.78 is 10.0. The Bertz CT molecular complexity index is 505. The van der Waals surface area contributed by atoms with Gasteiger partial charge >= 0.3 is 11.9 Å². The van der Waals surface area contributed by atoms with Crippen molar-refractivity contribution in [3.8, 4) is 0 Å². The SMILES string of the molecule is C=CC(=O)OCCCCOC(=Cc1ccccc1)C(=O)O. The highest BCUT2D eigenvalue weighted by molar-refractivity contribution is 5.89. The molecule has 0 atom stereocenters. The Hall–Kier alpha value is -2.56. The predicted molar refractivity (Wildman–Crippen MR) is 78.4 cm³/mol. The Labute approximate surface area is 123 Å². The number of ether oxygens (including phenoxy) is 2. The molecule has 21 heavy (non-hydrogen) atoms. The molecule has 1 rings (SSSR count). The van der Waals surface area contributed by atoms with Crippen LogP contribution in [0.25, 0.3) is 6.08 Å². The van der Waals surface area contributed by atoms with E-state index in [2.05, 4.69) is 6.58 Å². The summed E-state index contributed by atoms with van der Waals surface area (Å²) >= 11 is 0. The van der Waals surface area contributed by atoms with Gasteiger partial charge in [-0.2, -0.15) is 0 Å². The molecule has 0 unspecified atom stereocenters. The van der Waals surface area contributed by atoms with Gasteiger partial charge in [-0.1, -0.05) is 36.9 Å². The fourth-order valence-electron chi connectivity index (χ4n) is 1.48. The number of hydrogen-bond donors (Lipinski definition) is 1. The molecule has 0 spiro atoms. The molecule has 0 radical (unpaired) electrons. The molecule has 0 bridgehead atoms. The first kappa shape index (κ1) is 16.5. The summed E-state index contributed by atoms with van der Waals surface area (Å²) in [5.74, 6) is -1.69. The second kappa shape index (κ2) is 9.36. The van der Waals surface area contributed by atoms with Crippen molar-refractivity contribution in [1.29, 1.82) is 0 Å². The third-order valence-corrected chi connectivity index (χ3v) is 2.52. The molecule has 1 N–H and O–H groups in total. The Morgan fingerprint density at radius 3 is 2.29 bits per heavy atom. The van der Waals surface area contributed by atoms with Gasteiger partial charge in [-0.05, 0) is 24.5 Å². The quantitative estimate of drug-likeness (QED) is 0.327. The van der Waals surface area contributed by atoms with Crippen LogP contribution in [0.2, 0.25) is 0 Å². The van der Waals surface area contributed by atoms with Crippen molar-refractivity contribution in [1.82, 2.24) is 0 Å². The second-order valence-electron chi connectivity index (χ2n) is 4.15. The second-order valence-corrected chi connectivity index (χ2v) is 4.15. The minimum absolute atomic E-state index is 0.107. The van der Waals surface area contributed by atoms with E-state index in [-0.39, 0.29) is 19.0 Å². The van der Waals surface area contributed by atoms with Crippen molar-refractivity contribution < 1.29 is 24.2 Å². The van der Waals surface area contributed by atoms with Gasteiger partial charge in [0.15, 0.2) is 0 Å². The lowest BCUT2D eigenvalue weighted by Crippen LogP contribution is -2.07. The molecular formula is C16H18O5. The number of aliphatic carboxylic acids is 1. The standard InChI is InChI=1S/C16H18O5/c1-2-15(17)21-11-7-6-10-20-14(16(18)19)12-13-8-4-3-5-9-13/h2-5,8-9,12H,1,6-7,10-11H2,(H,18,19). The van der Waals surface area contributed by atoms with Crippen LogP contribution in [-0.2, 0) is 19.1 Å². The number of esters is 1. The molecule has 0 fully saturated rings. The molecule has 0 aliphatic heterocycles. The molecular weight excluding hydrogens is 272 g/mol. The lowest BCUT2D eigenvalue weighted by molar-refractivity contribution is -0.137. The van der Waals surface area contributed by atoms with E-state index in [1.165, 1.54) is 6.08 Å². The van der Waals surface area contributed by atoms with Gasteiger partial charge in [0.1, 0.15) is 0 Å². The summed E-state index contributed by atoms with van der Waals surface area (Å²) in [7, 11) is 0. The van der Waals surface area contributed by atoms with Crippen LogP contribution < -0.4 is 0 Å². The average molecular weight is 290 g/mol. The molecule has 1 aromatic carbocycles. The molecule has 0 saturated heterocycles. The normalized spacial score (nSPS) is 10.8. The van der Waals surface area contributed by atoms with Gasteiger partial charge in [0.25, 0.3) is 0 Å². The van der Waals surface area contributed by atoms with Crippen LogP contribution in [0.3, 0.4) is 0 Å². The van der Waals surface area contributed by atoms with E-state index in [1.54, 1.807) is 12.1 Å². The summed E-state index contributed by atoms with van der Waals surface area (Å²) in [6.07, 6.45) is 3.75. The smallest absolute Gasteiger partial charge is 0.371 e. The van der Waals surface area contributed by atoms with E-state index < -0.39 is 11.9 Å². The first-order chi connectivity index (χ1) is 10.1.